The van der Waals surface area contributed by atoms with Crippen LogP contribution in [0.1, 0.15) is 64.7 Å². The van der Waals surface area contributed by atoms with Crippen molar-refractivity contribution < 1.29 is 4.79 Å². The Morgan fingerprint density at radius 3 is 2.46 bits per heavy atom. The maximum absolute atomic E-state index is 12.9. The predicted octanol–water partition coefficient (Wildman–Crippen LogP) is 2.76. The minimum atomic E-state index is -0.330. The number of carbonyl (C=O) groups is 1. The van der Waals surface area contributed by atoms with Gasteiger partial charge in [-0.1, -0.05) is 32.1 Å². The van der Waals surface area contributed by atoms with Crippen molar-refractivity contribution in [1.29, 1.82) is 0 Å². The van der Waals surface area contributed by atoms with Gasteiger partial charge in [0.15, 0.2) is 0 Å². The van der Waals surface area contributed by atoms with Crippen LogP contribution < -0.4 is 11.1 Å². The molecule has 1 amide bonds. The number of amides is 1. The van der Waals surface area contributed by atoms with Crippen LogP contribution in [0, 0.1) is 5.92 Å². The predicted molar refractivity (Wildman–Crippen MR) is 102 cm³/mol. The Balaban J connectivity index is 1.63. The summed E-state index contributed by atoms with van der Waals surface area (Å²) in [5.41, 5.74) is 6.31. The van der Waals surface area contributed by atoms with Gasteiger partial charge in [0.2, 0.25) is 5.91 Å². The van der Waals surface area contributed by atoms with Crippen LogP contribution in [0.15, 0.2) is 0 Å². The van der Waals surface area contributed by atoms with Crippen molar-refractivity contribution in [2.24, 2.45) is 11.7 Å². The standard InChI is InChI=1S/C19H35N3OS/c1-18(20)8-6-3-7-16(18)17(23)21-15-19(9-4-2-5-10-19)22-11-13-24-14-12-22/h16H,2-15,20H2,1H3,(H,21,23). The van der Waals surface area contributed by atoms with Crippen LogP contribution in [-0.2, 0) is 4.79 Å². The fraction of sp³-hybridized carbons (Fsp3) is 0.947. The second-order valence-corrected chi connectivity index (χ2v) is 9.63. The van der Waals surface area contributed by atoms with Crippen molar-refractivity contribution in [1.82, 2.24) is 10.2 Å². The van der Waals surface area contributed by atoms with Crippen LogP contribution in [0.3, 0.4) is 0 Å². The first-order valence-electron chi connectivity index (χ1n) is 9.93. The molecule has 0 aromatic carbocycles. The molecule has 3 rings (SSSR count). The highest BCUT2D eigenvalue weighted by atomic mass is 32.2. The van der Waals surface area contributed by atoms with Gasteiger partial charge in [-0.15, -0.1) is 0 Å². The number of nitrogens with one attached hydrogen (secondary N) is 1. The third-order valence-electron chi connectivity index (χ3n) is 6.63. The largest absolute Gasteiger partial charge is 0.354 e. The number of carbonyl (C=O) groups excluding carboxylic acids is 1. The highest BCUT2D eigenvalue weighted by Gasteiger charge is 2.41. The summed E-state index contributed by atoms with van der Waals surface area (Å²) < 4.78 is 0. The number of nitrogens with zero attached hydrogens (tertiary/aromatic N) is 1. The number of thioether (sulfide) groups is 1. The first-order valence-corrected chi connectivity index (χ1v) is 11.1. The third kappa shape index (κ3) is 4.10. The van der Waals surface area contributed by atoms with E-state index in [0.29, 0.717) is 0 Å². The molecule has 4 nitrogen and oxygen atoms in total. The summed E-state index contributed by atoms with van der Waals surface area (Å²) in [6, 6.07) is 0. The molecule has 0 spiro atoms. The summed E-state index contributed by atoms with van der Waals surface area (Å²) in [5.74, 6) is 2.66. The number of hydrogen-bond donors (Lipinski definition) is 2. The molecule has 138 valence electrons. The summed E-state index contributed by atoms with van der Waals surface area (Å²) in [7, 11) is 0. The van der Waals surface area contributed by atoms with E-state index in [0.717, 1.165) is 32.2 Å². The normalized spacial score (nSPS) is 34.7. The lowest BCUT2D eigenvalue weighted by molar-refractivity contribution is -0.129. The van der Waals surface area contributed by atoms with Crippen LogP contribution in [-0.4, -0.2) is 53.0 Å². The molecule has 1 heterocycles. The van der Waals surface area contributed by atoms with Gasteiger partial charge in [0.1, 0.15) is 0 Å². The van der Waals surface area contributed by atoms with Crippen LogP contribution in [0.25, 0.3) is 0 Å². The molecule has 1 saturated heterocycles. The highest BCUT2D eigenvalue weighted by molar-refractivity contribution is 7.99. The molecule has 2 aliphatic carbocycles. The van der Waals surface area contributed by atoms with Gasteiger partial charge < -0.3 is 11.1 Å². The van der Waals surface area contributed by atoms with E-state index < -0.39 is 0 Å². The second kappa shape index (κ2) is 7.96. The van der Waals surface area contributed by atoms with Gasteiger partial charge in [-0.3, -0.25) is 9.69 Å². The fourth-order valence-corrected chi connectivity index (χ4v) is 5.92. The quantitative estimate of drug-likeness (QED) is 0.816. The first-order chi connectivity index (χ1) is 11.5. The Morgan fingerprint density at radius 1 is 1.12 bits per heavy atom. The van der Waals surface area contributed by atoms with Crippen LogP contribution in [0.5, 0.6) is 0 Å². The van der Waals surface area contributed by atoms with Gasteiger partial charge in [-0.25, -0.2) is 0 Å². The zero-order chi connectivity index (χ0) is 17.0. The molecule has 2 atom stereocenters. The first kappa shape index (κ1) is 18.5. The molecule has 3 aliphatic rings. The monoisotopic (exact) mass is 353 g/mol. The molecule has 5 heteroatoms. The molecule has 0 bridgehead atoms. The topological polar surface area (TPSA) is 58.4 Å². The van der Waals surface area contributed by atoms with Crippen LogP contribution in [0.4, 0.5) is 0 Å². The molecular formula is C19H35N3OS. The van der Waals surface area contributed by atoms with Crippen molar-refractivity contribution in [3.05, 3.63) is 0 Å². The molecule has 0 aromatic rings. The molecule has 3 fully saturated rings. The Hall–Kier alpha value is -0.260. The molecular weight excluding hydrogens is 318 g/mol. The smallest absolute Gasteiger partial charge is 0.225 e. The van der Waals surface area contributed by atoms with Crippen molar-refractivity contribution in [3.8, 4) is 0 Å². The molecule has 2 unspecified atom stereocenters. The fourth-order valence-electron chi connectivity index (χ4n) is 5.02. The average Bonchev–Trinajstić information content (AvgIpc) is 2.61. The highest BCUT2D eigenvalue weighted by Crippen LogP contribution is 2.36. The molecule has 2 saturated carbocycles. The summed E-state index contributed by atoms with van der Waals surface area (Å²) in [6.07, 6.45) is 10.7. The molecule has 0 aromatic heterocycles. The van der Waals surface area contributed by atoms with Crippen molar-refractivity contribution in [2.75, 3.05) is 31.1 Å². The van der Waals surface area contributed by atoms with Crippen molar-refractivity contribution in [3.63, 3.8) is 0 Å². The van der Waals surface area contributed by atoms with E-state index in [-0.39, 0.29) is 22.9 Å². The van der Waals surface area contributed by atoms with E-state index in [2.05, 4.69) is 28.9 Å². The minimum absolute atomic E-state index is 0.0104. The van der Waals surface area contributed by atoms with Crippen LogP contribution >= 0.6 is 11.8 Å². The van der Waals surface area contributed by atoms with E-state index in [4.69, 9.17) is 5.73 Å². The number of hydrogen-bond acceptors (Lipinski definition) is 4. The Labute approximate surface area is 151 Å². The Kier molecular flexibility index (Phi) is 6.15. The van der Waals surface area contributed by atoms with Gasteiger partial charge >= 0.3 is 0 Å². The van der Waals surface area contributed by atoms with E-state index in [9.17, 15) is 4.79 Å². The molecule has 24 heavy (non-hydrogen) atoms. The lowest BCUT2D eigenvalue weighted by Gasteiger charge is -2.48. The average molecular weight is 354 g/mol. The number of nitrogens with two attached hydrogens (primary N) is 1. The molecule has 1 aliphatic heterocycles. The van der Waals surface area contributed by atoms with Crippen molar-refractivity contribution in [2.45, 2.75) is 75.8 Å². The van der Waals surface area contributed by atoms with E-state index >= 15 is 0 Å². The minimum Gasteiger partial charge on any atom is -0.354 e. The Bertz CT molecular complexity index is 428. The summed E-state index contributed by atoms with van der Waals surface area (Å²) in [6.45, 7) is 5.24. The summed E-state index contributed by atoms with van der Waals surface area (Å²) >= 11 is 2.06. The zero-order valence-corrected chi connectivity index (χ0v) is 16.1. The maximum Gasteiger partial charge on any atom is 0.225 e. The van der Waals surface area contributed by atoms with E-state index in [1.165, 1.54) is 56.7 Å². The molecule has 0 radical (unpaired) electrons. The number of rotatable bonds is 4. The molecule has 3 N–H and O–H groups in total. The zero-order valence-electron chi connectivity index (χ0n) is 15.3. The lowest BCUT2D eigenvalue weighted by Crippen LogP contribution is -2.60. The van der Waals surface area contributed by atoms with Crippen LogP contribution in [0.2, 0.25) is 0 Å². The van der Waals surface area contributed by atoms with E-state index in [1.807, 2.05) is 0 Å². The van der Waals surface area contributed by atoms with Gasteiger partial charge in [-0.05, 0) is 32.6 Å². The SMILES string of the molecule is CC1(N)CCCCC1C(=O)NCC1(N2CCSCC2)CCCCC1. The van der Waals surface area contributed by atoms with Gasteiger partial charge in [0.05, 0.1) is 5.92 Å². The maximum atomic E-state index is 12.9. The van der Waals surface area contributed by atoms with Gasteiger partial charge in [0.25, 0.3) is 0 Å². The van der Waals surface area contributed by atoms with Gasteiger partial charge in [-0.2, -0.15) is 11.8 Å². The van der Waals surface area contributed by atoms with Gasteiger partial charge in [0, 0.05) is 42.2 Å². The summed E-state index contributed by atoms with van der Waals surface area (Å²) in [5, 5.41) is 3.35. The lowest BCUT2D eigenvalue weighted by atomic mass is 9.74. The second-order valence-electron chi connectivity index (χ2n) is 8.41. The summed E-state index contributed by atoms with van der Waals surface area (Å²) in [4.78, 5) is 15.6. The third-order valence-corrected chi connectivity index (χ3v) is 7.57. The Morgan fingerprint density at radius 2 is 1.79 bits per heavy atom. The van der Waals surface area contributed by atoms with Crippen molar-refractivity contribution >= 4 is 17.7 Å². The van der Waals surface area contributed by atoms with E-state index in [1.54, 1.807) is 0 Å².